The minimum Gasteiger partial charge on any atom is -0.493 e. The Morgan fingerprint density at radius 1 is 1.18 bits per heavy atom. The second-order valence-corrected chi connectivity index (χ2v) is 11.9. The molecular formula is C33H26BrN3O7S. The van der Waals surface area contributed by atoms with Crippen LogP contribution < -0.4 is 33.8 Å². The van der Waals surface area contributed by atoms with Crippen molar-refractivity contribution < 1.29 is 28.5 Å². The molecule has 3 heterocycles. The third kappa shape index (κ3) is 5.84. The number of carbonyl (C=O) groups is 1. The van der Waals surface area contributed by atoms with Gasteiger partial charge in [-0.05, 0) is 88.9 Å². The lowest BCUT2D eigenvalue weighted by Crippen LogP contribution is -2.39. The van der Waals surface area contributed by atoms with Gasteiger partial charge in [-0.2, -0.15) is 5.26 Å². The van der Waals surface area contributed by atoms with Crippen LogP contribution >= 0.6 is 27.3 Å². The molecule has 3 aromatic carbocycles. The molecule has 0 amide bonds. The molecule has 0 spiro atoms. The van der Waals surface area contributed by atoms with Gasteiger partial charge in [0.15, 0.2) is 27.8 Å². The summed E-state index contributed by atoms with van der Waals surface area (Å²) in [6.45, 7) is 4.01. The van der Waals surface area contributed by atoms with Crippen molar-refractivity contribution in [1.29, 1.82) is 5.26 Å². The molecule has 2 aliphatic heterocycles. The molecule has 1 aromatic heterocycles. The monoisotopic (exact) mass is 687 g/mol. The van der Waals surface area contributed by atoms with Crippen molar-refractivity contribution >= 4 is 39.3 Å². The number of esters is 1. The molecule has 45 heavy (non-hydrogen) atoms. The number of thiazole rings is 1. The Balaban J connectivity index is 1.40. The fourth-order valence-corrected chi connectivity index (χ4v) is 6.76. The zero-order chi connectivity index (χ0) is 31.7. The van der Waals surface area contributed by atoms with Crippen LogP contribution in [0.25, 0.3) is 6.08 Å². The average Bonchev–Trinajstić information content (AvgIpc) is 3.63. The zero-order valence-electron chi connectivity index (χ0n) is 24.5. The lowest BCUT2D eigenvalue weighted by molar-refractivity contribution is -0.139. The number of hydrogen-bond acceptors (Lipinski definition) is 10. The molecule has 12 heteroatoms. The van der Waals surface area contributed by atoms with Crippen molar-refractivity contribution in [2.75, 3.05) is 20.5 Å². The fraction of sp³-hybridized carbons (Fsp3) is 0.212. The molecule has 0 bridgehead atoms. The van der Waals surface area contributed by atoms with E-state index in [1.54, 1.807) is 57.4 Å². The maximum Gasteiger partial charge on any atom is 0.338 e. The standard InChI is InChI=1S/C33H26BrN3O7S/c1-4-41-32(39)28-18(2)36-33-37(29(28)22-9-10-24-25(14-22)44-17-43-24)31(38)27(45-33)13-21-11-23(34)30(26(12-21)40-3)42-16-20-7-5-19(15-35)6-8-20/h5-14,29H,4,16-17H2,1-3H3/b27-13+/t29-/m0/s1. The first-order valence-electron chi connectivity index (χ1n) is 13.9. The van der Waals surface area contributed by atoms with Crippen molar-refractivity contribution in [2.45, 2.75) is 26.5 Å². The van der Waals surface area contributed by atoms with Crippen LogP contribution in [0.5, 0.6) is 23.0 Å². The van der Waals surface area contributed by atoms with Gasteiger partial charge in [-0.25, -0.2) is 9.79 Å². The molecule has 0 saturated heterocycles. The number of hydrogen-bond donors (Lipinski definition) is 0. The Morgan fingerprint density at radius 2 is 1.96 bits per heavy atom. The van der Waals surface area contributed by atoms with Gasteiger partial charge >= 0.3 is 5.97 Å². The molecule has 10 nitrogen and oxygen atoms in total. The van der Waals surface area contributed by atoms with Gasteiger partial charge in [-0.3, -0.25) is 9.36 Å². The van der Waals surface area contributed by atoms with Gasteiger partial charge in [0.25, 0.3) is 5.56 Å². The summed E-state index contributed by atoms with van der Waals surface area (Å²) in [6.07, 6.45) is 1.75. The van der Waals surface area contributed by atoms with Crippen LogP contribution in [0.4, 0.5) is 0 Å². The summed E-state index contributed by atoms with van der Waals surface area (Å²) in [5.41, 5.74) is 3.25. The van der Waals surface area contributed by atoms with Gasteiger partial charge in [-0.1, -0.05) is 29.5 Å². The fourth-order valence-electron chi connectivity index (χ4n) is 5.14. The predicted octanol–water partition coefficient (Wildman–Crippen LogP) is 4.75. The molecule has 0 aliphatic carbocycles. The number of fused-ring (bicyclic) bond motifs is 2. The Morgan fingerprint density at radius 3 is 2.69 bits per heavy atom. The first-order valence-corrected chi connectivity index (χ1v) is 15.5. The molecule has 0 radical (unpaired) electrons. The highest BCUT2D eigenvalue weighted by molar-refractivity contribution is 9.10. The normalized spacial score (nSPS) is 15.3. The first kappa shape index (κ1) is 30.2. The van der Waals surface area contributed by atoms with E-state index < -0.39 is 12.0 Å². The van der Waals surface area contributed by atoms with Crippen molar-refractivity contribution in [3.05, 3.63) is 112 Å². The van der Waals surface area contributed by atoms with Gasteiger partial charge in [0.05, 0.1) is 51.7 Å². The van der Waals surface area contributed by atoms with Crippen LogP contribution in [0.1, 0.15) is 42.1 Å². The molecule has 0 N–H and O–H groups in total. The topological polar surface area (TPSA) is 121 Å². The van der Waals surface area contributed by atoms with E-state index >= 15 is 0 Å². The molecule has 0 saturated carbocycles. The number of carbonyl (C=O) groups excluding carboxylic acids is 1. The van der Waals surface area contributed by atoms with E-state index in [4.69, 9.17) is 28.9 Å². The summed E-state index contributed by atoms with van der Waals surface area (Å²) in [7, 11) is 1.54. The summed E-state index contributed by atoms with van der Waals surface area (Å²) in [5, 5.41) is 9.04. The summed E-state index contributed by atoms with van der Waals surface area (Å²) in [6, 6.07) is 17.4. The smallest absolute Gasteiger partial charge is 0.338 e. The Hall–Kier alpha value is -4.86. The quantitative estimate of drug-likeness (QED) is 0.244. The van der Waals surface area contributed by atoms with Crippen molar-refractivity contribution in [3.63, 3.8) is 0 Å². The van der Waals surface area contributed by atoms with Gasteiger partial charge in [0.1, 0.15) is 6.61 Å². The Kier molecular flexibility index (Phi) is 8.47. The highest BCUT2D eigenvalue weighted by Crippen LogP contribution is 2.39. The van der Waals surface area contributed by atoms with Crippen LogP contribution in [0.15, 0.2) is 80.1 Å². The predicted molar refractivity (Wildman–Crippen MR) is 169 cm³/mol. The SMILES string of the molecule is CCOC(=O)C1=C(C)N=c2s/c(=C/c3cc(Br)c(OCc4ccc(C#N)cc4)c(OC)c3)c(=O)n2[C@H]1c1ccc2c(c1)OCO2. The van der Waals surface area contributed by atoms with Crippen LogP contribution in [0.2, 0.25) is 0 Å². The molecular weight excluding hydrogens is 662 g/mol. The summed E-state index contributed by atoms with van der Waals surface area (Å²) < 4.78 is 30.7. The summed E-state index contributed by atoms with van der Waals surface area (Å²) in [4.78, 5) is 32.3. The molecule has 4 aromatic rings. The summed E-state index contributed by atoms with van der Waals surface area (Å²) >= 11 is 4.81. The van der Waals surface area contributed by atoms with E-state index in [1.807, 2.05) is 24.3 Å². The number of allylic oxidation sites excluding steroid dienone is 1. The van der Waals surface area contributed by atoms with Gasteiger partial charge in [0.2, 0.25) is 6.79 Å². The zero-order valence-corrected chi connectivity index (χ0v) is 26.9. The average molecular weight is 689 g/mol. The van der Waals surface area contributed by atoms with E-state index in [2.05, 4.69) is 27.0 Å². The first-order chi connectivity index (χ1) is 21.8. The molecule has 228 valence electrons. The van der Waals surface area contributed by atoms with Gasteiger partial charge in [-0.15, -0.1) is 0 Å². The maximum atomic E-state index is 14.0. The Labute approximate surface area is 270 Å². The number of ether oxygens (including phenoxy) is 5. The van der Waals surface area contributed by atoms with E-state index in [9.17, 15) is 9.59 Å². The Bertz CT molecular complexity index is 2080. The van der Waals surface area contributed by atoms with Crippen LogP contribution in [-0.4, -0.2) is 31.0 Å². The number of methoxy groups -OCH3 is 1. The lowest BCUT2D eigenvalue weighted by Gasteiger charge is -2.24. The van der Waals surface area contributed by atoms with Crippen molar-refractivity contribution in [1.82, 2.24) is 4.57 Å². The minimum absolute atomic E-state index is 0.0967. The highest BCUT2D eigenvalue weighted by Gasteiger charge is 2.34. The van der Waals surface area contributed by atoms with Crippen LogP contribution in [-0.2, 0) is 16.1 Å². The maximum absolute atomic E-state index is 14.0. The van der Waals surface area contributed by atoms with Crippen molar-refractivity contribution in [3.8, 4) is 29.1 Å². The van der Waals surface area contributed by atoms with Crippen molar-refractivity contribution in [2.24, 2.45) is 4.99 Å². The summed E-state index contributed by atoms with van der Waals surface area (Å²) in [5.74, 6) is 1.55. The number of nitrogens with zero attached hydrogens (tertiary/aromatic N) is 3. The van der Waals surface area contributed by atoms with E-state index in [-0.39, 0.29) is 31.1 Å². The molecule has 2 aliphatic rings. The molecule has 1 atom stereocenters. The molecule has 6 rings (SSSR count). The highest BCUT2D eigenvalue weighted by atomic mass is 79.9. The second kappa shape index (κ2) is 12.6. The number of aromatic nitrogens is 1. The van der Waals surface area contributed by atoms with E-state index in [0.29, 0.717) is 59.2 Å². The van der Waals surface area contributed by atoms with Gasteiger partial charge < -0.3 is 23.7 Å². The number of halogens is 1. The number of nitriles is 1. The van der Waals surface area contributed by atoms with E-state index in [0.717, 1.165) is 5.56 Å². The number of rotatable bonds is 8. The molecule has 0 fully saturated rings. The largest absolute Gasteiger partial charge is 0.493 e. The van der Waals surface area contributed by atoms with E-state index in [1.165, 1.54) is 15.9 Å². The minimum atomic E-state index is -0.781. The third-order valence-electron chi connectivity index (χ3n) is 7.25. The lowest BCUT2D eigenvalue weighted by atomic mass is 9.95. The molecule has 0 unspecified atom stereocenters. The third-order valence-corrected chi connectivity index (χ3v) is 8.82. The van der Waals surface area contributed by atoms with Gasteiger partial charge in [0, 0.05) is 0 Å². The van der Waals surface area contributed by atoms with Crippen LogP contribution in [0.3, 0.4) is 0 Å². The van der Waals surface area contributed by atoms with Crippen LogP contribution in [0, 0.1) is 11.3 Å². The second-order valence-electron chi connectivity index (χ2n) is 10.0. The number of benzene rings is 3.